The third-order valence-corrected chi connectivity index (χ3v) is 15.6. The van der Waals surface area contributed by atoms with Gasteiger partial charge in [-0.05, 0) is 98.4 Å². The van der Waals surface area contributed by atoms with Gasteiger partial charge in [-0.2, -0.15) is 0 Å². The van der Waals surface area contributed by atoms with Gasteiger partial charge in [-0.1, -0.05) is 151 Å². The Hall–Kier alpha value is -6.60. The lowest BCUT2D eigenvalue weighted by molar-refractivity contribution is 0.590. The number of fused-ring (bicyclic) bond motifs is 10. The Bertz CT molecular complexity index is 3640. The molecule has 0 saturated heterocycles. The van der Waals surface area contributed by atoms with Gasteiger partial charge < -0.3 is 14.6 Å². The van der Waals surface area contributed by atoms with Crippen molar-refractivity contribution in [3.63, 3.8) is 0 Å². The molecular formula is C58H47BN2OS2. The average Bonchev–Trinajstić information content (AvgIpc) is 3.99. The molecule has 0 bridgehead atoms. The molecule has 3 aromatic heterocycles. The predicted octanol–water partition coefficient (Wildman–Crippen LogP) is 16.0. The summed E-state index contributed by atoms with van der Waals surface area (Å²) in [5, 5.41) is 11.3. The number of hydrogen-bond acceptors (Lipinski definition) is 5. The van der Waals surface area contributed by atoms with Gasteiger partial charge in [-0.3, -0.25) is 0 Å². The van der Waals surface area contributed by atoms with Gasteiger partial charge in [0.25, 0.3) is 0 Å². The van der Waals surface area contributed by atoms with Crippen molar-refractivity contribution in [3.05, 3.63) is 175 Å². The summed E-state index contributed by atoms with van der Waals surface area (Å²) in [4.78, 5) is 2.60. The summed E-state index contributed by atoms with van der Waals surface area (Å²) >= 11 is 3.78. The van der Waals surface area contributed by atoms with E-state index in [4.69, 9.17) is 4.42 Å². The summed E-state index contributed by atoms with van der Waals surface area (Å²) < 4.78 is 11.0. The first-order chi connectivity index (χ1) is 31.0. The Morgan fingerprint density at radius 3 is 1.92 bits per heavy atom. The van der Waals surface area contributed by atoms with E-state index < -0.39 is 0 Å². The highest BCUT2D eigenvalue weighted by atomic mass is 32.1. The average molecular weight is 863 g/mol. The first-order valence-electron chi connectivity index (χ1n) is 22.3. The van der Waals surface area contributed by atoms with Crippen molar-refractivity contribution in [2.75, 3.05) is 10.2 Å². The summed E-state index contributed by atoms with van der Waals surface area (Å²) in [6, 6.07) is 60.5. The van der Waals surface area contributed by atoms with Gasteiger partial charge in [-0.15, -0.1) is 22.7 Å². The van der Waals surface area contributed by atoms with Crippen LogP contribution in [0.4, 0.5) is 27.8 Å². The molecule has 0 spiro atoms. The lowest BCUT2D eigenvalue weighted by Crippen LogP contribution is -2.40. The Kier molecular flexibility index (Phi) is 8.82. The molecular weight excluding hydrogens is 816 g/mol. The zero-order chi connectivity index (χ0) is 43.5. The van der Waals surface area contributed by atoms with Crippen molar-refractivity contribution in [1.82, 2.24) is 0 Å². The fourth-order valence-electron chi connectivity index (χ4n) is 9.89. The van der Waals surface area contributed by atoms with Crippen LogP contribution >= 0.6 is 22.7 Å². The SMILES string of the molecule is CC(C)(C)c1ccc(Nc2ccc3c(sc4ccccc43)c2-c2c3c(cc4c2oc2ccccc24)N(c2ccc(C(C)(C)C)cc2-c2ccccc2)c2sc4ccccc4c2B3)cc1. The number of rotatable bonds is 5. The number of nitrogens with zero attached hydrogens (tertiary/aromatic N) is 1. The smallest absolute Gasteiger partial charge is 0.200 e. The van der Waals surface area contributed by atoms with Crippen molar-refractivity contribution in [2.24, 2.45) is 0 Å². The molecule has 0 amide bonds. The van der Waals surface area contributed by atoms with E-state index in [1.54, 1.807) is 0 Å². The predicted molar refractivity (Wildman–Crippen MR) is 281 cm³/mol. The quantitative estimate of drug-likeness (QED) is 0.175. The maximum absolute atomic E-state index is 7.19. The summed E-state index contributed by atoms with van der Waals surface area (Å²) in [5.74, 6) is 0. The molecule has 12 rings (SSSR count). The van der Waals surface area contributed by atoms with Gasteiger partial charge in [0.2, 0.25) is 7.28 Å². The second-order valence-electron chi connectivity index (χ2n) is 19.4. The zero-order valence-electron chi connectivity index (χ0n) is 37.0. The molecule has 1 N–H and O–H groups in total. The molecule has 0 aliphatic carbocycles. The van der Waals surface area contributed by atoms with Crippen LogP contribution in [0, 0.1) is 0 Å². The molecule has 0 unspecified atom stereocenters. The topological polar surface area (TPSA) is 28.4 Å². The van der Waals surface area contributed by atoms with Crippen LogP contribution in [0.3, 0.4) is 0 Å². The minimum Gasteiger partial charge on any atom is -0.455 e. The third-order valence-electron chi connectivity index (χ3n) is 13.2. The molecule has 1 aliphatic heterocycles. The highest BCUT2D eigenvalue weighted by Gasteiger charge is 2.36. The maximum Gasteiger partial charge on any atom is 0.200 e. The van der Waals surface area contributed by atoms with Crippen molar-refractivity contribution in [2.45, 2.75) is 52.4 Å². The van der Waals surface area contributed by atoms with Crippen LogP contribution in [0.5, 0.6) is 0 Å². The number of furan rings is 1. The van der Waals surface area contributed by atoms with Crippen molar-refractivity contribution in [3.8, 4) is 22.3 Å². The molecule has 6 heteroatoms. The zero-order valence-corrected chi connectivity index (χ0v) is 38.6. The maximum atomic E-state index is 7.19. The largest absolute Gasteiger partial charge is 0.455 e. The monoisotopic (exact) mass is 862 g/mol. The molecule has 310 valence electrons. The summed E-state index contributed by atoms with van der Waals surface area (Å²) in [6.07, 6.45) is 0. The molecule has 3 nitrogen and oxygen atoms in total. The highest BCUT2D eigenvalue weighted by molar-refractivity contribution is 7.26. The van der Waals surface area contributed by atoms with Crippen molar-refractivity contribution >= 4 is 121 Å². The minimum absolute atomic E-state index is 0.0287. The Morgan fingerprint density at radius 1 is 0.516 bits per heavy atom. The number of para-hydroxylation sites is 1. The van der Waals surface area contributed by atoms with Crippen LogP contribution < -0.4 is 21.1 Å². The first kappa shape index (κ1) is 39.0. The standard InChI is InChI=1S/C58H47BN2OS2/c1-57(2,3)35-24-27-37(28-25-35)60-44-30-29-40-39-19-11-14-22-48(39)63-55(40)50(44)51-53-46(33-43-38-18-10-13-21-47(38)62-54(43)51)61(56-52(59-53)41-20-12-15-23-49(41)64-56)45-31-26-36(58(4,5)6)32-42(45)34-16-8-7-9-17-34/h7-33,59-60H,1-6H3. The first-order valence-corrected chi connectivity index (χ1v) is 23.9. The Labute approximate surface area is 382 Å². The van der Waals surface area contributed by atoms with Gasteiger partial charge in [0, 0.05) is 69.4 Å². The molecule has 0 fully saturated rings. The molecule has 0 saturated carbocycles. The van der Waals surface area contributed by atoms with Crippen LogP contribution in [0.15, 0.2) is 168 Å². The van der Waals surface area contributed by atoms with Crippen LogP contribution in [-0.4, -0.2) is 7.28 Å². The lowest BCUT2D eigenvalue weighted by Gasteiger charge is -2.35. The molecule has 4 heterocycles. The Balaban J connectivity index is 1.22. The highest BCUT2D eigenvalue weighted by Crippen LogP contribution is 2.52. The van der Waals surface area contributed by atoms with Crippen LogP contribution in [0.2, 0.25) is 0 Å². The van der Waals surface area contributed by atoms with E-state index in [0.717, 1.165) is 46.2 Å². The van der Waals surface area contributed by atoms with Gasteiger partial charge in [-0.25, -0.2) is 0 Å². The molecule has 64 heavy (non-hydrogen) atoms. The van der Waals surface area contributed by atoms with Crippen LogP contribution in [0.25, 0.3) is 74.5 Å². The number of hydrogen-bond donors (Lipinski definition) is 1. The van der Waals surface area contributed by atoms with E-state index in [0.29, 0.717) is 0 Å². The molecule has 1 aliphatic rings. The normalized spacial score (nSPS) is 12.9. The van der Waals surface area contributed by atoms with Crippen LogP contribution in [0.1, 0.15) is 52.7 Å². The molecule has 0 radical (unpaired) electrons. The van der Waals surface area contributed by atoms with Gasteiger partial charge in [0.15, 0.2) is 0 Å². The minimum atomic E-state index is -0.0287. The number of benzene rings is 8. The summed E-state index contributed by atoms with van der Waals surface area (Å²) in [6.45, 7) is 13.7. The van der Waals surface area contributed by atoms with Crippen molar-refractivity contribution < 1.29 is 4.42 Å². The lowest BCUT2D eigenvalue weighted by atomic mass is 9.58. The van der Waals surface area contributed by atoms with E-state index >= 15 is 0 Å². The molecule has 8 aromatic carbocycles. The van der Waals surface area contributed by atoms with Gasteiger partial charge in [0.1, 0.15) is 11.2 Å². The number of anilines is 5. The van der Waals surface area contributed by atoms with E-state index in [1.807, 2.05) is 22.7 Å². The fraction of sp³-hybridized carbons (Fsp3) is 0.138. The summed E-state index contributed by atoms with van der Waals surface area (Å²) in [5.41, 5.74) is 16.3. The molecule has 0 atom stereocenters. The second-order valence-corrected chi connectivity index (χ2v) is 21.5. The van der Waals surface area contributed by atoms with Gasteiger partial charge in [0.05, 0.1) is 10.7 Å². The second kappa shape index (κ2) is 14.5. The Morgan fingerprint density at radius 2 is 1.17 bits per heavy atom. The van der Waals surface area contributed by atoms with Crippen molar-refractivity contribution in [1.29, 1.82) is 0 Å². The fourth-order valence-corrected chi connectivity index (χ4v) is 12.4. The number of nitrogens with one attached hydrogen (secondary N) is 1. The van der Waals surface area contributed by atoms with E-state index in [1.165, 1.54) is 85.4 Å². The van der Waals surface area contributed by atoms with E-state index in [-0.39, 0.29) is 10.8 Å². The molecule has 11 aromatic rings. The van der Waals surface area contributed by atoms with E-state index in [2.05, 4.69) is 216 Å². The third kappa shape index (κ3) is 6.22. The van der Waals surface area contributed by atoms with E-state index in [9.17, 15) is 0 Å². The van der Waals surface area contributed by atoms with Crippen LogP contribution in [-0.2, 0) is 10.8 Å². The number of thiophene rings is 2. The van der Waals surface area contributed by atoms with Gasteiger partial charge >= 0.3 is 0 Å². The summed E-state index contributed by atoms with van der Waals surface area (Å²) in [7, 11) is 0.759.